The van der Waals surface area contributed by atoms with Crippen molar-refractivity contribution in [2.45, 2.75) is 25.2 Å². The van der Waals surface area contributed by atoms with Gasteiger partial charge >= 0.3 is 5.97 Å². The van der Waals surface area contributed by atoms with Gasteiger partial charge < -0.3 is 14.1 Å². The van der Waals surface area contributed by atoms with Gasteiger partial charge in [0.05, 0.1) is 17.9 Å². The third kappa shape index (κ3) is 4.69. The van der Waals surface area contributed by atoms with Gasteiger partial charge in [0.15, 0.2) is 0 Å². The molecule has 0 heterocycles. The van der Waals surface area contributed by atoms with E-state index >= 15 is 0 Å². The van der Waals surface area contributed by atoms with Crippen LogP contribution < -0.4 is 9.04 Å². The zero-order valence-corrected chi connectivity index (χ0v) is 15.3. The van der Waals surface area contributed by atoms with E-state index in [0.29, 0.717) is 24.2 Å². The zero-order chi connectivity index (χ0) is 17.8. The Balaban J connectivity index is 1.81. The van der Waals surface area contributed by atoms with E-state index in [1.807, 2.05) is 36.4 Å². The van der Waals surface area contributed by atoms with Crippen molar-refractivity contribution in [3.05, 3.63) is 54.1 Å². The van der Waals surface area contributed by atoms with Crippen LogP contribution in [0.3, 0.4) is 0 Å². The summed E-state index contributed by atoms with van der Waals surface area (Å²) in [5.41, 5.74) is 1.10. The molecule has 3 rings (SSSR count). The van der Waals surface area contributed by atoms with Crippen LogP contribution in [0, 0.1) is 11.8 Å². The molecule has 2 aromatic rings. The molecule has 1 fully saturated rings. The first-order valence-electron chi connectivity index (χ1n) is 8.58. The summed E-state index contributed by atoms with van der Waals surface area (Å²) in [5, 5.41) is 9.43. The first kappa shape index (κ1) is 17.7. The van der Waals surface area contributed by atoms with E-state index in [-0.39, 0.29) is 5.56 Å². The topological polar surface area (TPSA) is 49.8 Å². The van der Waals surface area contributed by atoms with Gasteiger partial charge in [-0.2, -0.15) is 0 Å². The van der Waals surface area contributed by atoms with Crippen LogP contribution in [0.5, 0.6) is 5.75 Å². The highest BCUT2D eigenvalue weighted by atomic mass is 32.2. The number of carboxylic acid groups (broad SMARTS) is 1. The van der Waals surface area contributed by atoms with E-state index in [1.165, 1.54) is 6.42 Å². The predicted octanol–water partition coefficient (Wildman–Crippen LogP) is 4.95. The van der Waals surface area contributed by atoms with Crippen LogP contribution >= 0.6 is 11.9 Å². The standard InChI is InChI=1S/C20H23NO3S/c1-3-21(25-19-7-5-4-6-8-19)17-10-15(20(22)23)11-18(12-17)24-13-16-9-14(16)2/h4-8,10-12,14,16H,3,9,13H2,1-2H3,(H,22,23). The van der Waals surface area contributed by atoms with Crippen LogP contribution in [0.1, 0.15) is 30.6 Å². The number of carboxylic acids is 1. The second kappa shape index (κ2) is 7.83. The Morgan fingerprint density at radius 3 is 2.60 bits per heavy atom. The van der Waals surface area contributed by atoms with Gasteiger partial charge in [-0.25, -0.2) is 4.79 Å². The molecule has 4 nitrogen and oxygen atoms in total. The van der Waals surface area contributed by atoms with Gasteiger partial charge in [0.25, 0.3) is 0 Å². The van der Waals surface area contributed by atoms with Crippen LogP contribution in [-0.2, 0) is 0 Å². The summed E-state index contributed by atoms with van der Waals surface area (Å²) < 4.78 is 7.96. The molecule has 1 saturated carbocycles. The highest BCUT2D eigenvalue weighted by molar-refractivity contribution is 8.00. The Bertz CT molecular complexity index is 735. The van der Waals surface area contributed by atoms with E-state index in [2.05, 4.69) is 18.2 Å². The van der Waals surface area contributed by atoms with Crippen LogP contribution in [0.4, 0.5) is 5.69 Å². The lowest BCUT2D eigenvalue weighted by molar-refractivity contribution is 0.0696. The molecule has 2 aromatic carbocycles. The molecule has 1 aliphatic rings. The summed E-state index contributed by atoms with van der Waals surface area (Å²) in [6.45, 7) is 5.67. The molecule has 132 valence electrons. The summed E-state index contributed by atoms with van der Waals surface area (Å²) in [5.74, 6) is 0.995. The molecule has 1 N–H and O–H groups in total. The molecule has 0 bridgehead atoms. The van der Waals surface area contributed by atoms with Gasteiger partial charge in [0.1, 0.15) is 5.75 Å². The van der Waals surface area contributed by atoms with E-state index in [1.54, 1.807) is 24.1 Å². The number of aromatic carboxylic acids is 1. The Hall–Kier alpha value is -2.14. The Labute approximate surface area is 152 Å². The summed E-state index contributed by atoms with van der Waals surface area (Å²) in [6, 6.07) is 15.3. The Morgan fingerprint density at radius 2 is 2.00 bits per heavy atom. The number of benzene rings is 2. The maximum absolute atomic E-state index is 11.5. The van der Waals surface area contributed by atoms with Gasteiger partial charge in [0, 0.05) is 17.5 Å². The lowest BCUT2D eigenvalue weighted by atomic mass is 10.2. The lowest BCUT2D eigenvalue weighted by Crippen LogP contribution is -2.14. The zero-order valence-electron chi connectivity index (χ0n) is 14.5. The van der Waals surface area contributed by atoms with Crippen molar-refractivity contribution >= 4 is 23.6 Å². The number of rotatable bonds is 8. The van der Waals surface area contributed by atoms with Crippen molar-refractivity contribution in [3.8, 4) is 5.75 Å². The Morgan fingerprint density at radius 1 is 1.28 bits per heavy atom. The van der Waals surface area contributed by atoms with Crippen molar-refractivity contribution in [1.82, 2.24) is 0 Å². The molecule has 25 heavy (non-hydrogen) atoms. The number of hydrogen-bond donors (Lipinski definition) is 1. The SMILES string of the molecule is CCN(Sc1ccccc1)c1cc(OCC2CC2C)cc(C(=O)O)c1. The van der Waals surface area contributed by atoms with Crippen molar-refractivity contribution in [2.75, 3.05) is 17.5 Å². The summed E-state index contributed by atoms with van der Waals surface area (Å²) in [4.78, 5) is 12.6. The Kier molecular flexibility index (Phi) is 5.53. The lowest BCUT2D eigenvalue weighted by Gasteiger charge is -2.23. The molecule has 0 saturated heterocycles. The fourth-order valence-corrected chi connectivity index (χ4v) is 3.55. The van der Waals surface area contributed by atoms with Gasteiger partial charge in [-0.1, -0.05) is 25.1 Å². The van der Waals surface area contributed by atoms with Crippen LogP contribution in [-0.4, -0.2) is 24.2 Å². The molecule has 0 radical (unpaired) electrons. The van der Waals surface area contributed by atoms with Crippen LogP contribution in [0.25, 0.3) is 0 Å². The summed E-state index contributed by atoms with van der Waals surface area (Å²) in [6.07, 6.45) is 1.19. The van der Waals surface area contributed by atoms with Gasteiger partial charge in [0.2, 0.25) is 0 Å². The summed E-state index contributed by atoms with van der Waals surface area (Å²) >= 11 is 1.59. The molecule has 0 amide bonds. The smallest absolute Gasteiger partial charge is 0.335 e. The van der Waals surface area contributed by atoms with Gasteiger partial charge in [-0.15, -0.1) is 0 Å². The minimum absolute atomic E-state index is 0.253. The first-order valence-corrected chi connectivity index (χ1v) is 9.36. The van der Waals surface area contributed by atoms with Crippen molar-refractivity contribution < 1.29 is 14.6 Å². The number of hydrogen-bond acceptors (Lipinski definition) is 4. The molecule has 2 atom stereocenters. The van der Waals surface area contributed by atoms with Crippen LogP contribution in [0.2, 0.25) is 0 Å². The minimum Gasteiger partial charge on any atom is -0.493 e. The fourth-order valence-electron chi connectivity index (χ4n) is 2.68. The van der Waals surface area contributed by atoms with Crippen molar-refractivity contribution in [3.63, 3.8) is 0 Å². The number of anilines is 1. The monoisotopic (exact) mass is 357 g/mol. The molecule has 1 aliphatic carbocycles. The van der Waals surface area contributed by atoms with Crippen molar-refractivity contribution in [1.29, 1.82) is 0 Å². The largest absolute Gasteiger partial charge is 0.493 e. The van der Waals surface area contributed by atoms with Gasteiger partial charge in [-0.05, 0) is 61.4 Å². The van der Waals surface area contributed by atoms with E-state index in [0.717, 1.165) is 17.1 Å². The second-order valence-electron chi connectivity index (χ2n) is 6.40. The quantitative estimate of drug-likeness (QED) is 0.677. The van der Waals surface area contributed by atoms with E-state index < -0.39 is 5.97 Å². The molecule has 0 aliphatic heterocycles. The third-order valence-electron chi connectivity index (χ3n) is 4.41. The first-order chi connectivity index (χ1) is 12.1. The number of nitrogens with zero attached hydrogens (tertiary/aromatic N) is 1. The van der Waals surface area contributed by atoms with E-state index in [4.69, 9.17) is 4.74 Å². The summed E-state index contributed by atoms with van der Waals surface area (Å²) in [7, 11) is 0. The molecular weight excluding hydrogens is 334 g/mol. The molecule has 0 spiro atoms. The molecular formula is C20H23NO3S. The van der Waals surface area contributed by atoms with Gasteiger partial charge in [-0.3, -0.25) is 0 Å². The highest BCUT2D eigenvalue weighted by Gasteiger charge is 2.33. The second-order valence-corrected chi connectivity index (χ2v) is 7.50. The predicted molar refractivity (Wildman–Crippen MR) is 101 cm³/mol. The average Bonchev–Trinajstić information content (AvgIpc) is 3.34. The normalized spacial score (nSPS) is 18.6. The average molecular weight is 357 g/mol. The fraction of sp³-hybridized carbons (Fsp3) is 0.350. The van der Waals surface area contributed by atoms with Crippen LogP contribution in [0.15, 0.2) is 53.4 Å². The maximum atomic E-state index is 11.5. The number of ether oxygens (including phenoxy) is 1. The molecule has 2 unspecified atom stereocenters. The molecule has 5 heteroatoms. The number of carbonyl (C=O) groups is 1. The molecule has 0 aromatic heterocycles. The van der Waals surface area contributed by atoms with E-state index in [9.17, 15) is 9.90 Å². The maximum Gasteiger partial charge on any atom is 0.335 e. The minimum atomic E-state index is -0.938. The highest BCUT2D eigenvalue weighted by Crippen LogP contribution is 2.38. The van der Waals surface area contributed by atoms with Crippen molar-refractivity contribution in [2.24, 2.45) is 11.8 Å². The third-order valence-corrected chi connectivity index (χ3v) is 5.58.